The highest BCUT2D eigenvalue weighted by Crippen LogP contribution is 2.35. The first kappa shape index (κ1) is 31.0. The molecule has 0 N–H and O–H groups in total. The van der Waals surface area contributed by atoms with Gasteiger partial charge in [-0.05, 0) is 42.2 Å². The van der Waals surface area contributed by atoms with E-state index in [0.717, 1.165) is 23.7 Å². The molecule has 1 fully saturated rings. The van der Waals surface area contributed by atoms with Gasteiger partial charge in [0.2, 0.25) is 0 Å². The van der Waals surface area contributed by atoms with E-state index in [4.69, 9.17) is 13.9 Å². The van der Waals surface area contributed by atoms with Gasteiger partial charge in [0, 0.05) is 20.6 Å². The molecule has 1 saturated heterocycles. The molecule has 12 heteroatoms. The molecule has 3 atom stereocenters. The molecule has 1 heterocycles. The summed E-state index contributed by atoms with van der Waals surface area (Å²) in [5.74, 6) is 0.670. The van der Waals surface area contributed by atoms with Crippen LogP contribution in [0.15, 0.2) is 24.3 Å². The summed E-state index contributed by atoms with van der Waals surface area (Å²) in [4.78, 5) is 14.5. The fraction of sp³-hybridized carbons (Fsp3) is 0.680. The van der Waals surface area contributed by atoms with Crippen molar-refractivity contribution in [3.63, 3.8) is 0 Å². The fourth-order valence-corrected chi connectivity index (χ4v) is 8.93. The van der Waals surface area contributed by atoms with E-state index in [-0.39, 0.29) is 19.6 Å². The number of rotatable bonds is 13. The van der Waals surface area contributed by atoms with Crippen LogP contribution in [0.1, 0.15) is 39.2 Å². The van der Waals surface area contributed by atoms with Crippen molar-refractivity contribution in [2.75, 3.05) is 34.9 Å². The van der Waals surface area contributed by atoms with Crippen molar-refractivity contribution < 1.29 is 27.1 Å². The molecule has 0 aliphatic carbocycles. The van der Waals surface area contributed by atoms with Crippen LogP contribution in [0.4, 0.5) is 4.79 Å². The Bertz CT molecular complexity index is 1020. The number of hydrogen-bond donors (Lipinski definition) is 0. The average molecular weight is 555 g/mol. The average Bonchev–Trinajstić information content (AvgIpc) is 3.25. The molecule has 10 nitrogen and oxygen atoms in total. The molecular formula is C25H42N4O6SSi. The quantitative estimate of drug-likeness (QED) is 0.341. The van der Waals surface area contributed by atoms with E-state index in [1.807, 2.05) is 12.1 Å². The van der Waals surface area contributed by atoms with Gasteiger partial charge in [-0.25, -0.2) is 4.79 Å². The summed E-state index contributed by atoms with van der Waals surface area (Å²) in [5.41, 5.74) is 0.777. The summed E-state index contributed by atoms with van der Waals surface area (Å²) in [6.45, 7) is 6.64. The third kappa shape index (κ3) is 7.03. The van der Waals surface area contributed by atoms with Gasteiger partial charge in [-0.15, -0.1) is 0 Å². The second-order valence-electron chi connectivity index (χ2n) is 9.50. The third-order valence-electron chi connectivity index (χ3n) is 7.54. The van der Waals surface area contributed by atoms with Crippen LogP contribution >= 0.6 is 0 Å². The Balaban J connectivity index is 2.59. The van der Waals surface area contributed by atoms with Crippen molar-refractivity contribution in [3.05, 3.63) is 29.8 Å². The first-order valence-electron chi connectivity index (χ1n) is 12.7. The second-order valence-corrected chi connectivity index (χ2v) is 16.4. The Hall–Kier alpha value is -2.17. The summed E-state index contributed by atoms with van der Waals surface area (Å²) in [5, 5.41) is 9.51. The summed E-state index contributed by atoms with van der Waals surface area (Å²) in [6, 6.07) is 10.4. The van der Waals surface area contributed by atoms with E-state index < -0.39 is 42.7 Å². The minimum absolute atomic E-state index is 0.0678. The van der Waals surface area contributed by atoms with Crippen molar-refractivity contribution in [1.29, 1.82) is 5.26 Å². The van der Waals surface area contributed by atoms with Gasteiger partial charge >= 0.3 is 6.09 Å². The maximum atomic E-state index is 13.7. The zero-order chi connectivity index (χ0) is 27.8. The van der Waals surface area contributed by atoms with E-state index >= 15 is 0 Å². The van der Waals surface area contributed by atoms with E-state index in [1.54, 1.807) is 19.2 Å². The number of likely N-dealkylation sites (tertiary alicyclic amines) is 1. The van der Waals surface area contributed by atoms with Crippen LogP contribution in [-0.4, -0.2) is 89.4 Å². The molecule has 0 radical (unpaired) electrons. The smallest absolute Gasteiger partial charge is 0.410 e. The number of hydrogen-bond acceptors (Lipinski definition) is 7. The standard InChI is InChI=1S/C25H42N4O6SSi/c1-8-37(9-2,10-3)35-19-24-23(17-21(15-16-26)29(24)25(30)34-7)28(36(31,32)27(4)5)18-20-11-13-22(33-6)14-12-20/h11-14,21,23-24H,8-10,15,17-19H2,1-7H3/t21-,23+,24+/m1/s1. The lowest BCUT2D eigenvalue weighted by Gasteiger charge is -2.38. The number of nitrogens with zero attached hydrogens (tertiary/aromatic N) is 4. The summed E-state index contributed by atoms with van der Waals surface area (Å²) >= 11 is 0. The number of nitriles is 1. The third-order valence-corrected chi connectivity index (χ3v) is 14.1. The second kappa shape index (κ2) is 13.6. The number of carbonyl (C=O) groups excluding carboxylic acids is 1. The predicted octanol–water partition coefficient (Wildman–Crippen LogP) is 3.82. The van der Waals surface area contributed by atoms with Gasteiger partial charge in [0.1, 0.15) is 5.75 Å². The van der Waals surface area contributed by atoms with E-state index in [1.165, 1.54) is 34.7 Å². The lowest BCUT2D eigenvalue weighted by molar-refractivity contribution is 0.0770. The van der Waals surface area contributed by atoms with Gasteiger partial charge in [0.15, 0.2) is 8.32 Å². The summed E-state index contributed by atoms with van der Waals surface area (Å²) in [6.07, 6.45) is -0.211. The van der Waals surface area contributed by atoms with Crippen molar-refractivity contribution in [3.8, 4) is 11.8 Å². The van der Waals surface area contributed by atoms with Crippen molar-refractivity contribution >= 4 is 24.6 Å². The maximum Gasteiger partial charge on any atom is 0.410 e. The zero-order valence-corrected chi connectivity index (χ0v) is 25.0. The Kier molecular flexibility index (Phi) is 11.4. The lowest BCUT2D eigenvalue weighted by Crippen LogP contribution is -2.55. The Morgan fingerprint density at radius 2 is 1.73 bits per heavy atom. The van der Waals surface area contributed by atoms with Gasteiger partial charge in [0.05, 0.1) is 51.4 Å². The molecule has 1 amide bonds. The molecule has 0 bridgehead atoms. The molecule has 0 spiro atoms. The number of carbonyl (C=O) groups is 1. The topological polar surface area (TPSA) is 112 Å². The van der Waals surface area contributed by atoms with Crippen molar-refractivity contribution in [2.45, 2.75) is 76.4 Å². The van der Waals surface area contributed by atoms with Crippen LogP contribution < -0.4 is 4.74 Å². The molecule has 1 aliphatic heterocycles. The fourth-order valence-electron chi connectivity index (χ4n) is 4.99. The van der Waals surface area contributed by atoms with Crippen molar-refractivity contribution in [1.82, 2.24) is 13.5 Å². The first-order chi connectivity index (χ1) is 17.5. The highest BCUT2D eigenvalue weighted by molar-refractivity contribution is 7.86. The predicted molar refractivity (Wildman–Crippen MR) is 145 cm³/mol. The molecule has 0 saturated carbocycles. The van der Waals surface area contributed by atoms with Crippen LogP contribution in [0.2, 0.25) is 18.1 Å². The van der Waals surface area contributed by atoms with Crippen LogP contribution in [-0.2, 0) is 25.9 Å². The van der Waals surface area contributed by atoms with Gasteiger partial charge in [-0.2, -0.15) is 22.3 Å². The number of methoxy groups -OCH3 is 2. The number of ether oxygens (including phenoxy) is 2. The van der Waals surface area contributed by atoms with Crippen LogP contribution in [0.3, 0.4) is 0 Å². The minimum atomic E-state index is -3.90. The Morgan fingerprint density at radius 1 is 1.14 bits per heavy atom. The molecule has 37 heavy (non-hydrogen) atoms. The van der Waals surface area contributed by atoms with Gasteiger partial charge in [-0.1, -0.05) is 32.9 Å². The summed E-state index contributed by atoms with van der Waals surface area (Å²) < 4.78 is 46.9. The van der Waals surface area contributed by atoms with Crippen LogP contribution in [0.25, 0.3) is 0 Å². The number of benzene rings is 1. The van der Waals surface area contributed by atoms with Crippen LogP contribution in [0.5, 0.6) is 5.75 Å². The van der Waals surface area contributed by atoms with E-state index in [0.29, 0.717) is 12.2 Å². The molecule has 2 rings (SSSR count). The summed E-state index contributed by atoms with van der Waals surface area (Å²) in [7, 11) is -0.105. The number of amides is 1. The lowest BCUT2D eigenvalue weighted by atomic mass is 10.1. The normalized spacial score (nSPS) is 20.3. The molecule has 1 aliphatic rings. The molecule has 1 aromatic carbocycles. The van der Waals surface area contributed by atoms with Crippen LogP contribution in [0, 0.1) is 11.3 Å². The molecule has 0 unspecified atom stereocenters. The molecular weight excluding hydrogens is 512 g/mol. The van der Waals surface area contributed by atoms with Gasteiger partial charge < -0.3 is 13.9 Å². The first-order valence-corrected chi connectivity index (χ1v) is 16.7. The highest BCUT2D eigenvalue weighted by atomic mass is 32.2. The van der Waals surface area contributed by atoms with Crippen molar-refractivity contribution in [2.24, 2.45) is 0 Å². The largest absolute Gasteiger partial charge is 0.497 e. The van der Waals surface area contributed by atoms with E-state index in [2.05, 4.69) is 26.8 Å². The van der Waals surface area contributed by atoms with Gasteiger partial charge in [-0.3, -0.25) is 4.90 Å². The monoisotopic (exact) mass is 554 g/mol. The minimum Gasteiger partial charge on any atom is -0.497 e. The molecule has 1 aromatic rings. The van der Waals surface area contributed by atoms with Gasteiger partial charge in [0.25, 0.3) is 10.2 Å². The Labute approximate surface area is 223 Å². The zero-order valence-electron chi connectivity index (χ0n) is 23.1. The highest BCUT2D eigenvalue weighted by Gasteiger charge is 2.50. The maximum absolute atomic E-state index is 13.7. The molecule has 0 aromatic heterocycles. The van der Waals surface area contributed by atoms with E-state index in [9.17, 15) is 18.5 Å². The Morgan fingerprint density at radius 3 is 2.19 bits per heavy atom. The SMILES string of the molecule is CC[Si](CC)(CC)OC[C@H]1[C@@H](N(Cc2ccc(OC)cc2)S(=O)(=O)N(C)C)C[C@@H](CC#N)N1C(=O)OC. The molecule has 208 valence electrons.